The molecule has 1 saturated heterocycles. The monoisotopic (exact) mass is 242 g/mol. The van der Waals surface area contributed by atoms with E-state index in [0.29, 0.717) is 24.2 Å². The highest BCUT2D eigenvalue weighted by Gasteiger charge is 2.22. The van der Waals surface area contributed by atoms with Crippen LogP contribution in [0.25, 0.3) is 0 Å². The van der Waals surface area contributed by atoms with Gasteiger partial charge in [-0.3, -0.25) is 4.79 Å². The molecule has 1 atom stereocenters. The van der Waals surface area contributed by atoms with Crippen LogP contribution >= 0.6 is 11.6 Å². The van der Waals surface area contributed by atoms with Gasteiger partial charge in [0.25, 0.3) is 0 Å². The average molecular weight is 243 g/mol. The third-order valence-electron chi connectivity index (χ3n) is 2.82. The van der Waals surface area contributed by atoms with Crippen molar-refractivity contribution in [1.82, 2.24) is 10.2 Å². The molecule has 1 N–H and O–H groups in total. The Morgan fingerprint density at radius 2 is 2.44 bits per heavy atom. The van der Waals surface area contributed by atoms with E-state index in [4.69, 9.17) is 16.0 Å². The smallest absolute Gasteiger partial charge is 0.222 e. The molecule has 88 valence electrons. The Hall–Kier alpha value is -1.00. The van der Waals surface area contributed by atoms with E-state index in [1.165, 1.54) is 0 Å². The molecule has 0 radical (unpaired) electrons. The maximum atomic E-state index is 11.3. The van der Waals surface area contributed by atoms with Crippen LogP contribution in [0.5, 0.6) is 0 Å². The van der Waals surface area contributed by atoms with Gasteiger partial charge < -0.3 is 14.6 Å². The molecule has 0 aliphatic carbocycles. The van der Waals surface area contributed by atoms with E-state index in [-0.39, 0.29) is 5.91 Å². The second kappa shape index (κ2) is 4.89. The summed E-state index contributed by atoms with van der Waals surface area (Å²) in [4.78, 5) is 13.0. The van der Waals surface area contributed by atoms with Crippen molar-refractivity contribution in [3.05, 3.63) is 23.1 Å². The summed E-state index contributed by atoms with van der Waals surface area (Å²) in [6.07, 6.45) is 1.50. The van der Waals surface area contributed by atoms with Crippen LogP contribution in [-0.2, 0) is 11.3 Å². The third-order valence-corrected chi connectivity index (χ3v) is 3.02. The lowest BCUT2D eigenvalue weighted by atomic mass is 10.1. The molecule has 16 heavy (non-hydrogen) atoms. The number of amides is 1. The number of nitrogens with one attached hydrogen (secondary N) is 1. The summed E-state index contributed by atoms with van der Waals surface area (Å²) in [6.45, 7) is 1.41. The van der Waals surface area contributed by atoms with E-state index < -0.39 is 0 Å². The first-order valence-electron chi connectivity index (χ1n) is 5.36. The van der Waals surface area contributed by atoms with Crippen LogP contribution in [0.15, 0.2) is 16.5 Å². The van der Waals surface area contributed by atoms with Crippen molar-refractivity contribution in [1.29, 1.82) is 0 Å². The molecule has 1 fully saturated rings. The maximum Gasteiger partial charge on any atom is 0.222 e. The lowest BCUT2D eigenvalue weighted by Gasteiger charge is -2.30. The van der Waals surface area contributed by atoms with E-state index in [0.717, 1.165) is 18.7 Å². The summed E-state index contributed by atoms with van der Waals surface area (Å²) in [5, 5.41) is 3.77. The minimum absolute atomic E-state index is 0.221. The summed E-state index contributed by atoms with van der Waals surface area (Å²) in [7, 11) is 1.83. The Bertz CT molecular complexity index is 378. The first kappa shape index (κ1) is 11.5. The molecule has 1 unspecified atom stereocenters. The summed E-state index contributed by atoms with van der Waals surface area (Å²) in [5.74, 6) is 1.05. The van der Waals surface area contributed by atoms with Gasteiger partial charge in [0.15, 0.2) is 5.22 Å². The summed E-state index contributed by atoms with van der Waals surface area (Å²) in [6, 6.07) is 3.92. The number of likely N-dealkylation sites (tertiary alicyclic amines) is 1. The van der Waals surface area contributed by atoms with Gasteiger partial charge in [0.1, 0.15) is 5.76 Å². The number of carbonyl (C=O) groups excluding carboxylic acids is 1. The quantitative estimate of drug-likeness (QED) is 0.877. The van der Waals surface area contributed by atoms with Crippen LogP contribution in [0.1, 0.15) is 18.6 Å². The van der Waals surface area contributed by atoms with Gasteiger partial charge in [0, 0.05) is 26.1 Å². The number of halogens is 1. The molecule has 0 spiro atoms. The Kier molecular flexibility index (Phi) is 3.51. The standard InChI is InChI=1S/C11H15ClN2O2/c1-14-7-8(2-5-11(14)15)13-6-9-3-4-10(12)16-9/h3-4,8,13H,2,5-7H2,1H3. The Labute approximate surface area is 99.5 Å². The summed E-state index contributed by atoms with van der Waals surface area (Å²) >= 11 is 5.68. The number of hydrogen-bond acceptors (Lipinski definition) is 3. The second-order valence-electron chi connectivity index (χ2n) is 4.10. The van der Waals surface area contributed by atoms with Gasteiger partial charge in [-0.05, 0) is 30.2 Å². The minimum atomic E-state index is 0.221. The fourth-order valence-corrected chi connectivity index (χ4v) is 2.03. The molecule has 5 heteroatoms. The normalized spacial score (nSPS) is 21.5. The zero-order valence-electron chi connectivity index (χ0n) is 9.20. The van der Waals surface area contributed by atoms with Crippen molar-refractivity contribution in [2.45, 2.75) is 25.4 Å². The maximum absolute atomic E-state index is 11.3. The largest absolute Gasteiger partial charge is 0.448 e. The van der Waals surface area contributed by atoms with Gasteiger partial charge in [-0.25, -0.2) is 0 Å². The summed E-state index contributed by atoms with van der Waals surface area (Å²) in [5.41, 5.74) is 0. The van der Waals surface area contributed by atoms with Crippen LogP contribution in [0.2, 0.25) is 5.22 Å². The Morgan fingerprint density at radius 1 is 1.62 bits per heavy atom. The van der Waals surface area contributed by atoms with E-state index in [2.05, 4.69) is 5.32 Å². The fraction of sp³-hybridized carbons (Fsp3) is 0.545. The zero-order chi connectivity index (χ0) is 11.5. The van der Waals surface area contributed by atoms with E-state index >= 15 is 0 Å². The number of carbonyl (C=O) groups is 1. The van der Waals surface area contributed by atoms with Crippen LogP contribution in [-0.4, -0.2) is 30.4 Å². The van der Waals surface area contributed by atoms with Crippen molar-refractivity contribution in [2.75, 3.05) is 13.6 Å². The number of furan rings is 1. The molecule has 0 saturated carbocycles. The first-order chi connectivity index (χ1) is 7.65. The van der Waals surface area contributed by atoms with Crippen molar-refractivity contribution < 1.29 is 9.21 Å². The Balaban J connectivity index is 1.80. The number of piperidine rings is 1. The lowest BCUT2D eigenvalue weighted by molar-refractivity contribution is -0.132. The molecule has 1 amide bonds. The lowest BCUT2D eigenvalue weighted by Crippen LogP contribution is -2.46. The van der Waals surface area contributed by atoms with E-state index in [1.54, 1.807) is 11.0 Å². The summed E-state index contributed by atoms with van der Waals surface area (Å²) < 4.78 is 5.24. The van der Waals surface area contributed by atoms with Gasteiger partial charge in [0.2, 0.25) is 5.91 Å². The van der Waals surface area contributed by atoms with Crippen molar-refractivity contribution >= 4 is 17.5 Å². The van der Waals surface area contributed by atoms with Crippen molar-refractivity contribution in [3.8, 4) is 0 Å². The van der Waals surface area contributed by atoms with Crippen molar-refractivity contribution in [3.63, 3.8) is 0 Å². The highest BCUT2D eigenvalue weighted by atomic mass is 35.5. The topological polar surface area (TPSA) is 45.5 Å². The van der Waals surface area contributed by atoms with Gasteiger partial charge in [-0.2, -0.15) is 0 Å². The molecule has 0 bridgehead atoms. The van der Waals surface area contributed by atoms with Gasteiger partial charge >= 0.3 is 0 Å². The average Bonchev–Trinajstić information content (AvgIpc) is 2.66. The highest BCUT2D eigenvalue weighted by molar-refractivity contribution is 6.28. The molecule has 4 nitrogen and oxygen atoms in total. The van der Waals surface area contributed by atoms with Crippen LogP contribution in [0.4, 0.5) is 0 Å². The highest BCUT2D eigenvalue weighted by Crippen LogP contribution is 2.14. The molecule has 2 heterocycles. The fourth-order valence-electron chi connectivity index (χ4n) is 1.87. The van der Waals surface area contributed by atoms with E-state index in [1.807, 2.05) is 13.1 Å². The van der Waals surface area contributed by atoms with Gasteiger partial charge in [0.05, 0.1) is 6.54 Å². The number of hydrogen-bond donors (Lipinski definition) is 1. The molecule has 1 aliphatic rings. The number of rotatable bonds is 3. The van der Waals surface area contributed by atoms with Crippen LogP contribution < -0.4 is 5.32 Å². The first-order valence-corrected chi connectivity index (χ1v) is 5.74. The third kappa shape index (κ3) is 2.77. The molecular formula is C11H15ClN2O2. The number of nitrogens with zero attached hydrogens (tertiary/aromatic N) is 1. The molecule has 1 aliphatic heterocycles. The number of likely N-dealkylation sites (N-methyl/N-ethyl adjacent to an activating group) is 1. The predicted molar refractivity (Wildman–Crippen MR) is 61.2 cm³/mol. The van der Waals surface area contributed by atoms with Crippen molar-refractivity contribution in [2.24, 2.45) is 0 Å². The Morgan fingerprint density at radius 3 is 3.06 bits per heavy atom. The van der Waals surface area contributed by atoms with Gasteiger partial charge in [-0.1, -0.05) is 0 Å². The van der Waals surface area contributed by atoms with Crippen LogP contribution in [0, 0.1) is 0 Å². The molecule has 2 rings (SSSR count). The molecule has 1 aromatic rings. The van der Waals surface area contributed by atoms with E-state index in [9.17, 15) is 4.79 Å². The van der Waals surface area contributed by atoms with Gasteiger partial charge in [-0.15, -0.1) is 0 Å². The molecule has 0 aromatic carbocycles. The van der Waals surface area contributed by atoms with Crippen LogP contribution in [0.3, 0.4) is 0 Å². The predicted octanol–water partition coefficient (Wildman–Crippen LogP) is 1.64. The molecular weight excluding hydrogens is 228 g/mol. The second-order valence-corrected chi connectivity index (χ2v) is 4.47. The zero-order valence-corrected chi connectivity index (χ0v) is 9.96. The minimum Gasteiger partial charge on any atom is -0.448 e. The SMILES string of the molecule is CN1CC(NCc2ccc(Cl)o2)CCC1=O. The molecule has 1 aromatic heterocycles.